The number of benzene rings is 1. The van der Waals surface area contributed by atoms with Gasteiger partial charge in [-0.3, -0.25) is 14.8 Å². The van der Waals surface area contributed by atoms with Gasteiger partial charge < -0.3 is 4.90 Å². The molecule has 1 saturated heterocycles. The Morgan fingerprint density at radius 2 is 2.12 bits per heavy atom. The average Bonchev–Trinajstić information content (AvgIpc) is 3.12. The second-order valence-corrected chi connectivity index (χ2v) is 5.99. The number of anilines is 1. The van der Waals surface area contributed by atoms with Gasteiger partial charge in [-0.2, -0.15) is 23.5 Å². The molecule has 7 nitrogen and oxygen atoms in total. The molecule has 0 saturated carbocycles. The van der Waals surface area contributed by atoms with E-state index in [2.05, 4.69) is 5.10 Å². The number of nitro groups is 1. The van der Waals surface area contributed by atoms with Gasteiger partial charge in [-0.1, -0.05) is 0 Å². The van der Waals surface area contributed by atoms with Gasteiger partial charge >= 0.3 is 6.18 Å². The Morgan fingerprint density at radius 3 is 2.73 bits per heavy atom. The third kappa shape index (κ3) is 3.46. The first-order valence-electron chi connectivity index (χ1n) is 7.85. The van der Waals surface area contributed by atoms with Gasteiger partial charge in [0.1, 0.15) is 6.07 Å². The topological polar surface area (TPSA) is 88.0 Å². The van der Waals surface area contributed by atoms with Crippen molar-refractivity contribution in [2.24, 2.45) is 0 Å². The van der Waals surface area contributed by atoms with Gasteiger partial charge in [0.05, 0.1) is 22.2 Å². The monoisotopic (exact) mass is 365 g/mol. The summed E-state index contributed by atoms with van der Waals surface area (Å²) in [5.41, 5.74) is -0.425. The number of nitriles is 1. The lowest BCUT2D eigenvalue weighted by Crippen LogP contribution is -2.37. The van der Waals surface area contributed by atoms with Crippen LogP contribution in [0.4, 0.5) is 24.5 Å². The van der Waals surface area contributed by atoms with Gasteiger partial charge in [0.2, 0.25) is 0 Å². The Bertz CT molecular complexity index is 872. The smallest absolute Gasteiger partial charge is 0.368 e. The molecule has 2 aromatic rings. The van der Waals surface area contributed by atoms with Gasteiger partial charge in [0, 0.05) is 31.4 Å². The van der Waals surface area contributed by atoms with Gasteiger partial charge in [-0.25, -0.2) is 0 Å². The largest absolute Gasteiger partial charge is 0.435 e. The first kappa shape index (κ1) is 17.7. The van der Waals surface area contributed by atoms with Crippen LogP contribution in [0.3, 0.4) is 0 Å². The Morgan fingerprint density at radius 1 is 1.35 bits per heavy atom. The molecule has 0 N–H and O–H groups in total. The minimum Gasteiger partial charge on any atom is -0.368 e. The lowest BCUT2D eigenvalue weighted by Gasteiger charge is -2.34. The number of hydrogen-bond donors (Lipinski definition) is 0. The quantitative estimate of drug-likeness (QED) is 0.613. The van der Waals surface area contributed by atoms with Crippen molar-refractivity contribution in [2.45, 2.75) is 25.1 Å². The van der Waals surface area contributed by atoms with Crippen molar-refractivity contribution in [1.29, 1.82) is 5.26 Å². The molecule has 3 rings (SSSR count). The average molecular weight is 365 g/mol. The fourth-order valence-electron chi connectivity index (χ4n) is 3.08. The molecular formula is C16H14F3N5O2. The molecule has 10 heteroatoms. The van der Waals surface area contributed by atoms with E-state index in [4.69, 9.17) is 0 Å². The van der Waals surface area contributed by atoms with Crippen molar-refractivity contribution in [3.63, 3.8) is 0 Å². The minimum absolute atomic E-state index is 0.163. The van der Waals surface area contributed by atoms with E-state index >= 15 is 0 Å². The first-order valence-corrected chi connectivity index (χ1v) is 7.85. The summed E-state index contributed by atoms with van der Waals surface area (Å²) in [4.78, 5) is 12.1. The minimum atomic E-state index is -4.49. The van der Waals surface area contributed by atoms with E-state index in [1.54, 1.807) is 0 Å². The van der Waals surface area contributed by atoms with Gasteiger partial charge in [-0.05, 0) is 25.0 Å². The Labute approximate surface area is 146 Å². The van der Waals surface area contributed by atoms with E-state index in [1.165, 1.54) is 29.1 Å². The summed E-state index contributed by atoms with van der Waals surface area (Å²) in [7, 11) is 0. The van der Waals surface area contributed by atoms with Crippen LogP contribution in [0.15, 0.2) is 30.5 Å². The summed E-state index contributed by atoms with van der Waals surface area (Å²) in [5, 5.41) is 23.8. The van der Waals surface area contributed by atoms with Crippen LogP contribution in [-0.2, 0) is 6.18 Å². The maximum atomic E-state index is 12.7. The molecule has 2 heterocycles. The predicted molar refractivity (Wildman–Crippen MR) is 85.5 cm³/mol. The van der Waals surface area contributed by atoms with Crippen molar-refractivity contribution in [1.82, 2.24) is 9.78 Å². The molecule has 26 heavy (non-hydrogen) atoms. The molecule has 1 aromatic heterocycles. The molecular weight excluding hydrogens is 351 g/mol. The SMILES string of the molecule is N#Cc1cc([N+](=O)[O-])ccc1N1CCCC(n2ccc(C(F)(F)F)n2)C1. The molecule has 1 fully saturated rings. The third-order valence-electron chi connectivity index (χ3n) is 4.32. The van der Waals surface area contributed by atoms with Crippen LogP contribution in [0.25, 0.3) is 0 Å². The van der Waals surface area contributed by atoms with Crippen LogP contribution in [0, 0.1) is 21.4 Å². The lowest BCUT2D eigenvalue weighted by atomic mass is 10.0. The summed E-state index contributed by atoms with van der Waals surface area (Å²) >= 11 is 0. The van der Waals surface area contributed by atoms with E-state index in [0.29, 0.717) is 31.6 Å². The number of alkyl halides is 3. The molecule has 0 aliphatic carbocycles. The molecule has 0 radical (unpaired) electrons. The zero-order chi connectivity index (χ0) is 18.9. The van der Waals surface area contributed by atoms with Crippen LogP contribution < -0.4 is 4.90 Å². The highest BCUT2D eigenvalue weighted by atomic mass is 19.4. The van der Waals surface area contributed by atoms with Crippen LogP contribution in [0.1, 0.15) is 30.1 Å². The molecule has 1 aromatic carbocycles. The second kappa shape index (κ2) is 6.67. The summed E-state index contributed by atoms with van der Waals surface area (Å²) in [6.07, 6.45) is -1.83. The van der Waals surface area contributed by atoms with E-state index < -0.39 is 16.8 Å². The van der Waals surface area contributed by atoms with Crippen LogP contribution in [-0.4, -0.2) is 27.8 Å². The highest BCUT2D eigenvalue weighted by molar-refractivity contribution is 5.63. The normalized spacial score (nSPS) is 17.8. The molecule has 0 amide bonds. The predicted octanol–water partition coefficient (Wildman–Crippen LogP) is 3.52. The molecule has 1 aliphatic heterocycles. The zero-order valence-corrected chi connectivity index (χ0v) is 13.5. The van der Waals surface area contributed by atoms with E-state index in [-0.39, 0.29) is 17.3 Å². The number of rotatable bonds is 3. The van der Waals surface area contributed by atoms with E-state index in [9.17, 15) is 28.5 Å². The Hall–Kier alpha value is -3.09. The Kier molecular flexibility index (Phi) is 4.54. The van der Waals surface area contributed by atoms with Gasteiger partial charge in [0.25, 0.3) is 5.69 Å². The summed E-state index contributed by atoms with van der Waals surface area (Å²) in [6, 6.07) is 6.63. The van der Waals surface area contributed by atoms with Crippen molar-refractivity contribution < 1.29 is 18.1 Å². The number of aromatic nitrogens is 2. The lowest BCUT2D eigenvalue weighted by molar-refractivity contribution is -0.384. The fourth-order valence-corrected chi connectivity index (χ4v) is 3.08. The van der Waals surface area contributed by atoms with Crippen molar-refractivity contribution in [3.8, 4) is 6.07 Å². The highest BCUT2D eigenvalue weighted by Gasteiger charge is 2.34. The third-order valence-corrected chi connectivity index (χ3v) is 4.32. The zero-order valence-electron chi connectivity index (χ0n) is 13.5. The van der Waals surface area contributed by atoms with Crippen molar-refractivity contribution in [2.75, 3.05) is 18.0 Å². The molecule has 1 aliphatic rings. The van der Waals surface area contributed by atoms with Crippen LogP contribution in [0.5, 0.6) is 0 Å². The molecule has 0 spiro atoms. The summed E-state index contributed by atoms with van der Waals surface area (Å²) in [6.45, 7) is 0.974. The molecule has 0 bridgehead atoms. The number of hydrogen-bond acceptors (Lipinski definition) is 5. The van der Waals surface area contributed by atoms with E-state index in [1.807, 2.05) is 11.0 Å². The molecule has 1 atom stereocenters. The van der Waals surface area contributed by atoms with Gasteiger partial charge in [0.15, 0.2) is 5.69 Å². The number of nitrogens with zero attached hydrogens (tertiary/aromatic N) is 5. The standard InChI is InChI=1S/C16H14F3N5O2/c17-16(18,19)15-5-7-23(21-15)13-2-1-6-22(10-13)14-4-3-12(24(25)26)8-11(14)9-20/h3-5,7-8,13H,1-2,6,10H2. The van der Waals surface area contributed by atoms with Crippen LogP contribution in [0.2, 0.25) is 0 Å². The van der Waals surface area contributed by atoms with Crippen molar-refractivity contribution in [3.05, 3.63) is 51.8 Å². The fraction of sp³-hybridized carbons (Fsp3) is 0.375. The van der Waals surface area contributed by atoms with Gasteiger partial charge in [-0.15, -0.1) is 0 Å². The Balaban J connectivity index is 1.84. The second-order valence-electron chi connectivity index (χ2n) is 5.99. The number of non-ortho nitro benzene ring substituents is 1. The maximum absolute atomic E-state index is 12.7. The van der Waals surface area contributed by atoms with Crippen molar-refractivity contribution >= 4 is 11.4 Å². The number of nitro benzene ring substituents is 1. The van der Waals surface area contributed by atoms with E-state index in [0.717, 1.165) is 6.07 Å². The number of halogens is 3. The maximum Gasteiger partial charge on any atom is 0.435 e. The summed E-state index contributed by atoms with van der Waals surface area (Å²) in [5.74, 6) is 0. The molecule has 1 unspecified atom stereocenters. The highest BCUT2D eigenvalue weighted by Crippen LogP contribution is 2.32. The molecule has 136 valence electrons. The van der Waals surface area contributed by atoms with Crippen LogP contribution >= 0.6 is 0 Å². The summed E-state index contributed by atoms with van der Waals surface area (Å²) < 4.78 is 39.5. The number of piperidine rings is 1. The first-order chi connectivity index (χ1) is 12.3.